The van der Waals surface area contributed by atoms with Crippen molar-refractivity contribution in [3.05, 3.63) is 0 Å². The van der Waals surface area contributed by atoms with Crippen molar-refractivity contribution in [3.63, 3.8) is 0 Å². The minimum Gasteiger partial charge on any atom is -0.455 e. The molecular formula is C12H16F3NO2. The van der Waals surface area contributed by atoms with Gasteiger partial charge in [-0.15, -0.1) is 0 Å². The van der Waals surface area contributed by atoms with Crippen LogP contribution in [0.25, 0.3) is 0 Å². The smallest absolute Gasteiger partial charge is 0.455 e. The van der Waals surface area contributed by atoms with Gasteiger partial charge in [0.15, 0.2) is 0 Å². The first-order valence-electron chi connectivity index (χ1n) is 6.41. The number of alkyl halides is 3. The standard InChI is InChI=1S/C12H16F3NO2/c13-12(14,15)11(17)18-9-2-1-6-7-3-5(10(6)9)4-8(7)16/h5-10H,1-4,16H2. The van der Waals surface area contributed by atoms with Crippen LogP contribution in [0.5, 0.6) is 0 Å². The summed E-state index contributed by atoms with van der Waals surface area (Å²) in [6.45, 7) is 0. The van der Waals surface area contributed by atoms with E-state index in [1.165, 1.54) is 0 Å². The Balaban J connectivity index is 1.69. The number of ether oxygens (including phenoxy) is 1. The quantitative estimate of drug-likeness (QED) is 0.735. The van der Waals surface area contributed by atoms with Crippen molar-refractivity contribution >= 4 is 5.97 Å². The average Bonchev–Trinajstić information content (AvgIpc) is 2.88. The molecule has 0 aromatic heterocycles. The van der Waals surface area contributed by atoms with Gasteiger partial charge in [-0.1, -0.05) is 0 Å². The van der Waals surface area contributed by atoms with Crippen molar-refractivity contribution in [2.45, 2.75) is 44.0 Å². The van der Waals surface area contributed by atoms with Gasteiger partial charge >= 0.3 is 12.1 Å². The van der Waals surface area contributed by atoms with Gasteiger partial charge in [0, 0.05) is 12.0 Å². The van der Waals surface area contributed by atoms with Crippen LogP contribution in [0.1, 0.15) is 25.7 Å². The highest BCUT2D eigenvalue weighted by Crippen LogP contribution is 2.59. The molecule has 0 saturated heterocycles. The molecule has 2 N–H and O–H groups in total. The van der Waals surface area contributed by atoms with Crippen LogP contribution < -0.4 is 5.73 Å². The number of hydrogen-bond donors (Lipinski definition) is 1. The number of hydrogen-bond acceptors (Lipinski definition) is 3. The molecule has 3 nitrogen and oxygen atoms in total. The third-order valence-electron chi connectivity index (χ3n) is 4.99. The van der Waals surface area contributed by atoms with Gasteiger partial charge in [-0.3, -0.25) is 0 Å². The first-order valence-corrected chi connectivity index (χ1v) is 6.41. The molecule has 0 aromatic carbocycles. The van der Waals surface area contributed by atoms with Crippen molar-refractivity contribution < 1.29 is 22.7 Å². The second-order valence-electron chi connectivity index (χ2n) is 5.82. The summed E-state index contributed by atoms with van der Waals surface area (Å²) in [5.74, 6) is -0.788. The van der Waals surface area contributed by atoms with Gasteiger partial charge in [0.1, 0.15) is 6.10 Å². The van der Waals surface area contributed by atoms with Crippen LogP contribution in [-0.4, -0.2) is 24.3 Å². The summed E-state index contributed by atoms with van der Waals surface area (Å²) >= 11 is 0. The Labute approximate surface area is 103 Å². The number of esters is 1. The molecule has 0 heterocycles. The van der Waals surface area contributed by atoms with E-state index in [4.69, 9.17) is 5.73 Å². The van der Waals surface area contributed by atoms with Gasteiger partial charge in [0.2, 0.25) is 0 Å². The van der Waals surface area contributed by atoms with Crippen LogP contribution in [0.4, 0.5) is 13.2 Å². The highest BCUT2D eigenvalue weighted by atomic mass is 19.4. The third-order valence-corrected chi connectivity index (χ3v) is 4.99. The highest BCUT2D eigenvalue weighted by molar-refractivity contribution is 5.75. The lowest BCUT2D eigenvalue weighted by Crippen LogP contribution is -2.39. The average molecular weight is 263 g/mol. The van der Waals surface area contributed by atoms with Crippen LogP contribution in [0.2, 0.25) is 0 Å². The molecule has 6 atom stereocenters. The number of halogens is 3. The molecule has 2 bridgehead atoms. The van der Waals surface area contributed by atoms with Gasteiger partial charge in [0.25, 0.3) is 0 Å². The molecule has 0 aliphatic heterocycles. The van der Waals surface area contributed by atoms with E-state index >= 15 is 0 Å². The maximum atomic E-state index is 12.2. The summed E-state index contributed by atoms with van der Waals surface area (Å²) in [4.78, 5) is 10.9. The number of nitrogens with two attached hydrogens (primary N) is 1. The van der Waals surface area contributed by atoms with Crippen molar-refractivity contribution in [2.75, 3.05) is 0 Å². The largest absolute Gasteiger partial charge is 0.490 e. The van der Waals surface area contributed by atoms with E-state index < -0.39 is 18.2 Å². The zero-order chi connectivity index (χ0) is 13.1. The lowest BCUT2D eigenvalue weighted by Gasteiger charge is -2.31. The Morgan fingerprint density at radius 3 is 2.56 bits per heavy atom. The fourth-order valence-electron chi connectivity index (χ4n) is 4.46. The third kappa shape index (κ3) is 1.73. The second-order valence-corrected chi connectivity index (χ2v) is 5.82. The Bertz CT molecular complexity index is 371. The van der Waals surface area contributed by atoms with Gasteiger partial charge in [0.05, 0.1) is 0 Å². The number of rotatable bonds is 1. The van der Waals surface area contributed by atoms with E-state index in [0.29, 0.717) is 24.2 Å². The summed E-state index contributed by atoms with van der Waals surface area (Å²) < 4.78 is 41.3. The zero-order valence-corrected chi connectivity index (χ0v) is 9.82. The van der Waals surface area contributed by atoms with Crippen LogP contribution in [0, 0.1) is 23.7 Å². The molecule has 0 spiro atoms. The van der Waals surface area contributed by atoms with Gasteiger partial charge in [-0.2, -0.15) is 13.2 Å². The molecule has 18 heavy (non-hydrogen) atoms. The highest BCUT2D eigenvalue weighted by Gasteiger charge is 2.58. The van der Waals surface area contributed by atoms with Crippen molar-refractivity contribution in [1.82, 2.24) is 0 Å². The van der Waals surface area contributed by atoms with Crippen LogP contribution in [0.3, 0.4) is 0 Å². The number of carbonyl (C=O) groups is 1. The fraction of sp³-hybridized carbons (Fsp3) is 0.917. The molecule has 3 rings (SSSR count). The van der Waals surface area contributed by atoms with Crippen LogP contribution in [0.15, 0.2) is 0 Å². The second kappa shape index (κ2) is 3.85. The molecule has 102 valence electrons. The maximum absolute atomic E-state index is 12.2. The number of carbonyl (C=O) groups excluding carboxylic acids is 1. The maximum Gasteiger partial charge on any atom is 0.490 e. The van der Waals surface area contributed by atoms with E-state index in [9.17, 15) is 18.0 Å². The van der Waals surface area contributed by atoms with Crippen molar-refractivity contribution in [3.8, 4) is 0 Å². The summed E-state index contributed by atoms with van der Waals surface area (Å²) in [6, 6.07) is 0.188. The van der Waals surface area contributed by atoms with E-state index in [1.54, 1.807) is 0 Å². The van der Waals surface area contributed by atoms with E-state index in [1.807, 2.05) is 0 Å². The molecule has 3 fully saturated rings. The molecule has 3 aliphatic carbocycles. The Morgan fingerprint density at radius 1 is 1.17 bits per heavy atom. The monoisotopic (exact) mass is 263 g/mol. The molecule has 3 saturated carbocycles. The molecule has 0 aromatic rings. The normalized spacial score (nSPS) is 46.2. The first kappa shape index (κ1) is 12.3. The molecule has 6 heteroatoms. The number of fused-ring (bicyclic) bond motifs is 5. The van der Waals surface area contributed by atoms with Crippen molar-refractivity contribution in [1.29, 1.82) is 0 Å². The lowest BCUT2D eigenvalue weighted by atomic mass is 9.79. The molecular weight excluding hydrogens is 247 g/mol. The van der Waals surface area contributed by atoms with Gasteiger partial charge in [-0.05, 0) is 43.4 Å². The predicted molar refractivity (Wildman–Crippen MR) is 56.3 cm³/mol. The predicted octanol–water partition coefficient (Wildman–Crippen LogP) is 1.85. The molecule has 6 unspecified atom stereocenters. The SMILES string of the molecule is NC1CC2CC1C1CCC(OC(=O)C(F)(F)F)C21. The van der Waals surface area contributed by atoms with Gasteiger partial charge in [-0.25, -0.2) is 4.79 Å². The first-order chi connectivity index (χ1) is 8.38. The Hall–Kier alpha value is -0.780. The van der Waals surface area contributed by atoms with E-state index in [2.05, 4.69) is 4.74 Å². The Morgan fingerprint density at radius 2 is 1.89 bits per heavy atom. The summed E-state index contributed by atoms with van der Waals surface area (Å²) in [7, 11) is 0. The minimum atomic E-state index is -4.88. The molecule has 0 radical (unpaired) electrons. The topological polar surface area (TPSA) is 52.3 Å². The van der Waals surface area contributed by atoms with E-state index in [-0.39, 0.29) is 12.0 Å². The molecule has 0 amide bonds. The Kier molecular flexibility index (Phi) is 2.63. The fourth-order valence-corrected chi connectivity index (χ4v) is 4.46. The lowest BCUT2D eigenvalue weighted by molar-refractivity contribution is -0.207. The van der Waals surface area contributed by atoms with Crippen molar-refractivity contribution in [2.24, 2.45) is 29.4 Å². The molecule has 3 aliphatic rings. The zero-order valence-electron chi connectivity index (χ0n) is 9.82. The van der Waals surface area contributed by atoms with Gasteiger partial charge < -0.3 is 10.5 Å². The van der Waals surface area contributed by atoms with E-state index in [0.717, 1.165) is 19.3 Å². The summed E-state index contributed by atoms with van der Waals surface area (Å²) in [5, 5.41) is 0. The van der Waals surface area contributed by atoms with Crippen LogP contribution >= 0.6 is 0 Å². The van der Waals surface area contributed by atoms with Crippen LogP contribution in [-0.2, 0) is 9.53 Å². The minimum absolute atomic E-state index is 0.112. The summed E-state index contributed by atoms with van der Waals surface area (Å²) in [5.41, 5.74) is 6.00. The summed E-state index contributed by atoms with van der Waals surface area (Å²) in [6.07, 6.45) is -2.17.